The number of nitriles is 3. The molecule has 9 aromatic rings. The smallest absolute Gasteiger partial charge is 0.255 e. The van der Waals surface area contributed by atoms with Crippen molar-refractivity contribution in [1.82, 2.24) is 60.2 Å². The van der Waals surface area contributed by atoms with Crippen LogP contribution in [0.15, 0.2) is 110 Å². The molecule has 28 heteroatoms. The molecule has 0 aliphatic carbocycles. The number of rotatable bonds is 9. The second-order valence-electron chi connectivity index (χ2n) is 25.1. The number of pyridine rings is 3. The fourth-order valence-electron chi connectivity index (χ4n) is 14.1. The Kier molecular flexibility index (Phi) is 17.8. The molecule has 7 N–H and O–H groups in total. The van der Waals surface area contributed by atoms with Crippen molar-refractivity contribution in [1.29, 1.82) is 15.8 Å². The number of hydrogen-bond acceptors (Lipinski definition) is 19. The number of nitrogens with one attached hydrogen (secondary N) is 3. The number of piperidine rings is 3. The molecule has 0 spiro atoms. The van der Waals surface area contributed by atoms with Gasteiger partial charge in [-0.15, -0.1) is 0 Å². The van der Waals surface area contributed by atoms with Gasteiger partial charge in [-0.3, -0.25) is 14.4 Å². The first kappa shape index (κ1) is 65.3. The third-order valence-electron chi connectivity index (χ3n) is 18.5. The number of carbonyl (C=O) groups is 3. The number of fused-ring (bicyclic) bond motifs is 3. The molecule has 0 bridgehead atoms. The topological polar surface area (TPSA) is 341 Å². The molecule has 7 atom stereocenters. The Morgan fingerprint density at radius 2 is 0.786 bits per heavy atom. The monoisotopic (exact) mass is 1330 g/mol. The number of aliphatic hydroxyl groups excluding tert-OH is 4. The quantitative estimate of drug-likeness (QED) is 0.0766. The summed E-state index contributed by atoms with van der Waals surface area (Å²) in [5.74, 6) is -0.503. The van der Waals surface area contributed by atoms with Crippen molar-refractivity contribution in [2.24, 2.45) is 0 Å². The van der Waals surface area contributed by atoms with E-state index in [9.17, 15) is 63.8 Å². The number of halogens is 3. The average molecular weight is 1330 g/mol. The molecule has 3 amide bonds. The number of carbonyl (C=O) groups excluding carboxylic acids is 3. The van der Waals surface area contributed by atoms with Crippen LogP contribution in [-0.2, 0) is 19.6 Å². The summed E-state index contributed by atoms with van der Waals surface area (Å²) in [4.78, 5) is 57.3. The highest BCUT2D eigenvalue weighted by molar-refractivity contribution is 6.03. The molecule has 6 aliphatic heterocycles. The Balaban J connectivity index is 0.000000132. The van der Waals surface area contributed by atoms with Gasteiger partial charge < -0.3 is 51.1 Å². The van der Waals surface area contributed by atoms with Crippen molar-refractivity contribution in [3.05, 3.63) is 178 Å². The van der Waals surface area contributed by atoms with Gasteiger partial charge in [0.15, 0.2) is 17.5 Å². The minimum absolute atomic E-state index is 0.0684. The van der Waals surface area contributed by atoms with Gasteiger partial charge in [-0.05, 0) is 114 Å². The maximum Gasteiger partial charge on any atom is 0.255 e. The molecule has 0 saturated carbocycles. The Morgan fingerprint density at radius 1 is 0.459 bits per heavy atom. The van der Waals surface area contributed by atoms with Crippen molar-refractivity contribution in [3.8, 4) is 69.0 Å². The van der Waals surface area contributed by atoms with Crippen molar-refractivity contribution in [2.75, 3.05) is 27.8 Å². The largest absolute Gasteiger partial charge is 0.393 e. The van der Waals surface area contributed by atoms with Crippen LogP contribution in [0.1, 0.15) is 125 Å². The van der Waals surface area contributed by atoms with E-state index in [1.54, 1.807) is 52.2 Å². The molecule has 98 heavy (non-hydrogen) atoms. The van der Waals surface area contributed by atoms with Crippen LogP contribution in [0.25, 0.3) is 50.8 Å². The lowest BCUT2D eigenvalue weighted by atomic mass is 9.95. The van der Waals surface area contributed by atoms with E-state index in [2.05, 4.69) is 73.5 Å². The predicted octanol–water partition coefficient (Wildman–Crippen LogP) is 6.97. The molecule has 3 saturated heterocycles. The molecule has 3 fully saturated rings. The number of aromatic nitrogens is 9. The second kappa shape index (κ2) is 26.7. The van der Waals surface area contributed by atoms with E-state index in [-0.39, 0.29) is 131 Å². The van der Waals surface area contributed by atoms with E-state index in [4.69, 9.17) is 10.2 Å². The van der Waals surface area contributed by atoms with Crippen LogP contribution < -0.4 is 30.7 Å². The molecule has 0 radical (unpaired) electrons. The maximum absolute atomic E-state index is 14.7. The van der Waals surface area contributed by atoms with Crippen molar-refractivity contribution in [3.63, 3.8) is 0 Å². The highest BCUT2D eigenvalue weighted by Gasteiger charge is 2.37. The zero-order valence-corrected chi connectivity index (χ0v) is 53.4. The number of aliphatic hydroxyl groups is 4. The Bertz CT molecular complexity index is 4580. The van der Waals surface area contributed by atoms with Crippen LogP contribution in [0, 0.1) is 51.4 Å². The maximum atomic E-state index is 14.7. The Morgan fingerprint density at radius 3 is 1.11 bits per heavy atom. The lowest BCUT2D eigenvalue weighted by Crippen LogP contribution is -2.48. The first-order valence-corrected chi connectivity index (χ1v) is 32.0. The fourth-order valence-corrected chi connectivity index (χ4v) is 14.1. The summed E-state index contributed by atoms with van der Waals surface area (Å²) in [6, 6.07) is 29.5. The van der Waals surface area contributed by atoms with Gasteiger partial charge in [-0.1, -0.05) is 18.2 Å². The first-order valence-electron chi connectivity index (χ1n) is 32.0. The normalized spacial score (nSPS) is 21.4. The highest BCUT2D eigenvalue weighted by atomic mass is 19.1. The predicted molar refractivity (Wildman–Crippen MR) is 350 cm³/mol. The van der Waals surface area contributed by atoms with Gasteiger partial charge in [0.2, 0.25) is 0 Å². The minimum atomic E-state index is -0.873. The zero-order chi connectivity index (χ0) is 69.0. The van der Waals surface area contributed by atoms with Gasteiger partial charge in [0.05, 0.1) is 164 Å². The third kappa shape index (κ3) is 12.3. The summed E-state index contributed by atoms with van der Waals surface area (Å²) >= 11 is 0. The molecular formula is C70H65F3N18O7. The molecule has 6 aromatic heterocycles. The minimum Gasteiger partial charge on any atom is -0.393 e. The Hall–Kier alpha value is -11.4. The lowest BCUT2D eigenvalue weighted by Gasteiger charge is -2.41. The number of benzene rings is 3. The van der Waals surface area contributed by atoms with Crippen LogP contribution >= 0.6 is 0 Å². The van der Waals surface area contributed by atoms with Crippen LogP contribution in [-0.4, -0.2) is 144 Å². The number of anilines is 3. The van der Waals surface area contributed by atoms with E-state index in [0.717, 1.165) is 11.6 Å². The highest BCUT2D eigenvalue weighted by Crippen LogP contribution is 2.38. The van der Waals surface area contributed by atoms with Gasteiger partial charge in [-0.2, -0.15) is 31.1 Å². The molecule has 6 aliphatic rings. The summed E-state index contributed by atoms with van der Waals surface area (Å²) in [5.41, 5.74) is 5.42. The summed E-state index contributed by atoms with van der Waals surface area (Å²) in [7, 11) is 0. The fraction of sp³-hybridized carbons (Fsp3) is 0.314. The van der Waals surface area contributed by atoms with Crippen LogP contribution in [0.3, 0.4) is 0 Å². The van der Waals surface area contributed by atoms with Crippen molar-refractivity contribution < 1.29 is 48.0 Å². The van der Waals surface area contributed by atoms with Gasteiger partial charge >= 0.3 is 0 Å². The third-order valence-corrected chi connectivity index (χ3v) is 18.5. The number of hydrogen-bond donors (Lipinski definition) is 7. The zero-order valence-electron chi connectivity index (χ0n) is 53.4. The summed E-state index contributed by atoms with van der Waals surface area (Å²) in [6.07, 6.45) is 5.90. The van der Waals surface area contributed by atoms with E-state index >= 15 is 0 Å². The average Bonchev–Trinajstić information content (AvgIpc) is 1.54. The summed E-state index contributed by atoms with van der Waals surface area (Å²) < 4.78 is 48.8. The van der Waals surface area contributed by atoms with E-state index < -0.39 is 29.7 Å². The van der Waals surface area contributed by atoms with Gasteiger partial charge in [0.1, 0.15) is 17.5 Å². The summed E-state index contributed by atoms with van der Waals surface area (Å²) in [5, 5.41) is 90.6. The molecule has 498 valence electrons. The van der Waals surface area contributed by atoms with Crippen molar-refractivity contribution in [2.45, 2.75) is 128 Å². The van der Waals surface area contributed by atoms with E-state index in [1.165, 1.54) is 59.3 Å². The van der Waals surface area contributed by atoms with Crippen LogP contribution in [0.5, 0.6) is 0 Å². The molecule has 3 aromatic carbocycles. The second-order valence-corrected chi connectivity index (χ2v) is 25.1. The Labute approximate surface area is 559 Å². The van der Waals surface area contributed by atoms with Gasteiger partial charge in [-0.25, -0.2) is 42.2 Å². The number of amides is 3. The van der Waals surface area contributed by atoms with E-state index in [1.807, 2.05) is 35.2 Å². The van der Waals surface area contributed by atoms with Crippen LogP contribution in [0.2, 0.25) is 0 Å². The SMILES string of the molecule is C[C@@H]1CC(O)C[C@@H](C)N1c1ccn(-c2cc(-c3c(F)cccc3C#N)nc3c2C(=O)NC3)n1.C[C@@H]1CC(O)C[C@H](C)N1c1ccn(-c2cc(-c3c(F)cccc3C#N)nc3c2C(=O)NC3)n1.N#Cc1cccc(F)c1-c1cc(-n2ccc(N3CC[C@@H](O)[C@@H](O)C3)n2)c2c(n1)CNC2=O. The summed E-state index contributed by atoms with van der Waals surface area (Å²) in [6.45, 7) is 9.59. The molecular weight excluding hydrogens is 1260 g/mol. The van der Waals surface area contributed by atoms with Crippen molar-refractivity contribution >= 4 is 35.2 Å². The lowest BCUT2D eigenvalue weighted by molar-refractivity contribution is 0.00785. The van der Waals surface area contributed by atoms with Crippen LogP contribution in [0.4, 0.5) is 30.6 Å². The van der Waals surface area contributed by atoms with E-state index in [0.29, 0.717) is 95.3 Å². The standard InChI is InChI=1S/2C24H23FN6O2.C22H19FN6O3/c2*1-13-8-16(32)9-14(2)31(13)21-6-7-30(29-21)20-10-18(28-19-12-27-24(33)23(19)20)22-15(11-26)4-3-5-17(22)25;23-13-3-1-2-12(9-24)20(13)14-8-16(21-15(26-14)10-25-22(21)32)29-7-5-19(27-29)28-6-4-17(30)18(31)11-28/h2*3-7,10,13-14,16,32H,8-9,12H2,1-2H3,(H,27,33);1-3,5,7-8,17-18,30-31H,4,6,10-11H2,(H,25,32)/t13-,14+,16?;13-,14-;17-,18+/m.11/s1. The van der Waals surface area contributed by atoms with Gasteiger partial charge in [0.25, 0.3) is 17.7 Å². The van der Waals surface area contributed by atoms with Gasteiger partial charge in [0, 0.05) is 74.0 Å². The molecule has 1 unspecified atom stereocenters. The molecule has 15 rings (SSSR count). The number of nitrogens with zero attached hydrogens (tertiary/aromatic N) is 15. The molecule has 12 heterocycles. The first-order chi connectivity index (χ1) is 47.2. The number of β-amino-alcohol motifs (C(OH)–C–C–N with tert-alkyl or cyclic N) is 1. The molecule has 25 nitrogen and oxygen atoms in total.